The first-order chi connectivity index (χ1) is 13.5. The molecule has 0 aliphatic rings. The maximum atomic E-state index is 12.5. The van der Waals surface area contributed by atoms with Gasteiger partial charge in [0.1, 0.15) is 23.1 Å². The summed E-state index contributed by atoms with van der Waals surface area (Å²) in [6.45, 7) is 7.60. The van der Waals surface area contributed by atoms with Crippen LogP contribution in [0.1, 0.15) is 25.0 Å². The molecule has 5 heteroatoms. The van der Waals surface area contributed by atoms with Crippen molar-refractivity contribution >= 4 is 17.7 Å². The second kappa shape index (κ2) is 9.98. The molecular weight excluding hydrogens is 352 g/mol. The van der Waals surface area contributed by atoms with Crippen LogP contribution in [-0.2, 0) is 11.2 Å². The fraction of sp³-hybridized carbons (Fsp3) is 0.217. The van der Waals surface area contributed by atoms with Gasteiger partial charge in [-0.15, -0.1) is 6.58 Å². The average molecular weight is 376 g/mol. The van der Waals surface area contributed by atoms with Crippen molar-refractivity contribution in [2.45, 2.75) is 26.4 Å². The summed E-state index contributed by atoms with van der Waals surface area (Å²) in [7, 11) is 1.60. The lowest BCUT2D eigenvalue weighted by atomic mass is 10.0. The maximum absolute atomic E-state index is 12.5. The SMILES string of the molecule is C=CCc1cc(/C=C(/C#N)C(=O)Nc2cccc(OC(C)C)c2)ccc1OC. The Kier molecular flexibility index (Phi) is 7.41. The van der Waals surface area contributed by atoms with E-state index in [1.165, 1.54) is 0 Å². The topological polar surface area (TPSA) is 71.4 Å². The van der Waals surface area contributed by atoms with Gasteiger partial charge in [-0.1, -0.05) is 18.2 Å². The molecule has 0 bridgehead atoms. The fourth-order valence-corrected chi connectivity index (χ4v) is 2.64. The molecule has 0 radical (unpaired) electrons. The van der Waals surface area contributed by atoms with Crippen LogP contribution in [0, 0.1) is 11.3 Å². The average Bonchev–Trinajstić information content (AvgIpc) is 2.66. The minimum Gasteiger partial charge on any atom is -0.496 e. The predicted octanol–water partition coefficient (Wildman–Crippen LogP) is 4.76. The standard InChI is InChI=1S/C23H24N2O3/c1-5-7-18-12-17(10-11-22(18)27-4)13-19(15-24)23(26)25-20-8-6-9-21(14-20)28-16(2)3/h5-6,8-14,16H,1,7H2,2-4H3,(H,25,26)/b19-13-. The Labute approximate surface area is 165 Å². The van der Waals surface area contributed by atoms with E-state index in [4.69, 9.17) is 9.47 Å². The number of nitriles is 1. The van der Waals surface area contributed by atoms with Crippen LogP contribution in [0.4, 0.5) is 5.69 Å². The fourth-order valence-electron chi connectivity index (χ4n) is 2.64. The Morgan fingerprint density at radius 3 is 2.71 bits per heavy atom. The number of nitrogens with one attached hydrogen (secondary N) is 1. The lowest BCUT2D eigenvalue weighted by Crippen LogP contribution is -2.13. The molecule has 0 unspecified atom stereocenters. The number of rotatable bonds is 8. The van der Waals surface area contributed by atoms with Crippen LogP contribution in [0.15, 0.2) is 60.7 Å². The van der Waals surface area contributed by atoms with Gasteiger partial charge in [0.25, 0.3) is 5.91 Å². The number of ether oxygens (including phenoxy) is 2. The van der Waals surface area contributed by atoms with E-state index >= 15 is 0 Å². The second-order valence-corrected chi connectivity index (χ2v) is 6.38. The zero-order valence-corrected chi connectivity index (χ0v) is 16.4. The summed E-state index contributed by atoms with van der Waals surface area (Å²) in [6.07, 6.45) is 3.98. The van der Waals surface area contributed by atoms with Crippen molar-refractivity contribution in [1.29, 1.82) is 5.26 Å². The Morgan fingerprint density at radius 2 is 2.07 bits per heavy atom. The number of hydrogen-bond acceptors (Lipinski definition) is 4. The molecule has 0 atom stereocenters. The van der Waals surface area contributed by atoms with Crippen LogP contribution in [0.5, 0.6) is 11.5 Å². The van der Waals surface area contributed by atoms with Crippen molar-refractivity contribution in [2.24, 2.45) is 0 Å². The van der Waals surface area contributed by atoms with Gasteiger partial charge in [0.15, 0.2) is 0 Å². The third-order valence-electron chi connectivity index (χ3n) is 3.81. The zero-order valence-electron chi connectivity index (χ0n) is 16.4. The minimum absolute atomic E-state index is 0.00454. The molecule has 144 valence electrons. The molecule has 28 heavy (non-hydrogen) atoms. The first-order valence-electron chi connectivity index (χ1n) is 8.94. The van der Waals surface area contributed by atoms with Crippen LogP contribution in [0.3, 0.4) is 0 Å². The van der Waals surface area contributed by atoms with Crippen molar-refractivity contribution in [1.82, 2.24) is 0 Å². The molecule has 2 aromatic carbocycles. The highest BCUT2D eigenvalue weighted by atomic mass is 16.5. The predicted molar refractivity (Wildman–Crippen MR) is 111 cm³/mol. The number of carbonyl (C=O) groups is 1. The van der Waals surface area contributed by atoms with Gasteiger partial charge in [-0.05, 0) is 61.7 Å². The number of carbonyl (C=O) groups excluding carboxylic acids is 1. The number of anilines is 1. The molecule has 2 rings (SSSR count). The normalized spacial score (nSPS) is 10.9. The molecule has 0 saturated carbocycles. The Hall–Kier alpha value is -3.52. The molecule has 0 aromatic heterocycles. The molecule has 0 fully saturated rings. The summed E-state index contributed by atoms with van der Waals surface area (Å²) in [6, 6.07) is 14.5. The van der Waals surface area contributed by atoms with Crippen LogP contribution < -0.4 is 14.8 Å². The van der Waals surface area contributed by atoms with Crippen molar-refractivity contribution in [3.8, 4) is 17.6 Å². The molecule has 1 amide bonds. The number of nitrogens with zero attached hydrogens (tertiary/aromatic N) is 1. The van der Waals surface area contributed by atoms with E-state index in [1.807, 2.05) is 38.1 Å². The van der Waals surface area contributed by atoms with E-state index in [0.717, 1.165) is 16.9 Å². The molecule has 5 nitrogen and oxygen atoms in total. The van der Waals surface area contributed by atoms with E-state index in [9.17, 15) is 10.1 Å². The number of methoxy groups -OCH3 is 1. The molecule has 0 saturated heterocycles. The Morgan fingerprint density at radius 1 is 1.29 bits per heavy atom. The first-order valence-corrected chi connectivity index (χ1v) is 8.94. The van der Waals surface area contributed by atoms with Gasteiger partial charge in [0, 0.05) is 11.8 Å². The monoisotopic (exact) mass is 376 g/mol. The van der Waals surface area contributed by atoms with Crippen LogP contribution in [0.2, 0.25) is 0 Å². The van der Waals surface area contributed by atoms with Crippen molar-refractivity contribution in [2.75, 3.05) is 12.4 Å². The van der Waals surface area contributed by atoms with Crippen LogP contribution in [-0.4, -0.2) is 19.1 Å². The van der Waals surface area contributed by atoms with E-state index in [1.54, 1.807) is 43.5 Å². The molecule has 2 aromatic rings. The lowest BCUT2D eigenvalue weighted by Gasteiger charge is -2.11. The van der Waals surface area contributed by atoms with Gasteiger partial charge in [0.2, 0.25) is 0 Å². The highest BCUT2D eigenvalue weighted by molar-refractivity contribution is 6.09. The van der Waals surface area contributed by atoms with E-state index in [-0.39, 0.29) is 11.7 Å². The zero-order chi connectivity index (χ0) is 20.5. The van der Waals surface area contributed by atoms with Crippen molar-refractivity contribution in [3.05, 3.63) is 71.8 Å². The highest BCUT2D eigenvalue weighted by Gasteiger charge is 2.11. The summed E-state index contributed by atoms with van der Waals surface area (Å²) in [5, 5.41) is 12.2. The largest absolute Gasteiger partial charge is 0.496 e. The van der Waals surface area contributed by atoms with Crippen molar-refractivity contribution < 1.29 is 14.3 Å². The number of benzene rings is 2. The summed E-state index contributed by atoms with van der Waals surface area (Å²) >= 11 is 0. The molecule has 0 heterocycles. The van der Waals surface area contributed by atoms with Crippen LogP contribution in [0.25, 0.3) is 6.08 Å². The van der Waals surface area contributed by atoms with E-state index < -0.39 is 5.91 Å². The third-order valence-corrected chi connectivity index (χ3v) is 3.81. The molecule has 1 N–H and O–H groups in total. The van der Waals surface area contributed by atoms with Gasteiger partial charge in [0.05, 0.1) is 13.2 Å². The lowest BCUT2D eigenvalue weighted by molar-refractivity contribution is -0.112. The van der Waals surface area contributed by atoms with Crippen molar-refractivity contribution in [3.63, 3.8) is 0 Å². The second-order valence-electron chi connectivity index (χ2n) is 6.38. The Balaban J connectivity index is 2.23. The maximum Gasteiger partial charge on any atom is 0.266 e. The molecule has 0 aliphatic heterocycles. The summed E-state index contributed by atoms with van der Waals surface area (Å²) in [5.74, 6) is 0.909. The highest BCUT2D eigenvalue weighted by Crippen LogP contribution is 2.23. The molecule has 0 spiro atoms. The van der Waals surface area contributed by atoms with Gasteiger partial charge >= 0.3 is 0 Å². The quantitative estimate of drug-likeness (QED) is 0.410. The minimum atomic E-state index is -0.481. The molecule has 0 aliphatic carbocycles. The van der Waals surface area contributed by atoms with Gasteiger partial charge in [-0.2, -0.15) is 5.26 Å². The summed E-state index contributed by atoms with van der Waals surface area (Å²) in [4.78, 5) is 12.5. The summed E-state index contributed by atoms with van der Waals surface area (Å²) < 4.78 is 11.0. The third kappa shape index (κ3) is 5.75. The number of allylic oxidation sites excluding steroid dienone is 1. The van der Waals surface area contributed by atoms with E-state index in [2.05, 4.69) is 11.9 Å². The van der Waals surface area contributed by atoms with Gasteiger partial charge in [-0.3, -0.25) is 4.79 Å². The molecular formula is C23H24N2O3. The van der Waals surface area contributed by atoms with E-state index in [0.29, 0.717) is 17.9 Å². The Bertz CT molecular complexity index is 924. The van der Waals surface area contributed by atoms with Gasteiger partial charge < -0.3 is 14.8 Å². The number of hydrogen-bond donors (Lipinski definition) is 1. The number of amides is 1. The van der Waals surface area contributed by atoms with Gasteiger partial charge in [-0.25, -0.2) is 0 Å². The first kappa shape index (κ1) is 20.8. The smallest absolute Gasteiger partial charge is 0.266 e. The van der Waals surface area contributed by atoms with Crippen LogP contribution >= 0.6 is 0 Å². The summed E-state index contributed by atoms with van der Waals surface area (Å²) in [5.41, 5.74) is 2.24.